The van der Waals surface area contributed by atoms with Gasteiger partial charge in [-0.05, 0) is 26.0 Å². The highest BCUT2D eigenvalue weighted by Gasteiger charge is 2.07. The van der Waals surface area contributed by atoms with Crippen LogP contribution in [0.4, 0.5) is 0 Å². The number of aryl methyl sites for hydroxylation is 2. The normalized spacial score (nSPS) is 10.5. The number of hydrogen-bond acceptors (Lipinski definition) is 2. The van der Waals surface area contributed by atoms with Gasteiger partial charge in [0.25, 0.3) is 0 Å². The third-order valence-electron chi connectivity index (χ3n) is 2.48. The molecule has 0 saturated carbocycles. The molecule has 1 aromatic heterocycles. The number of nitrogens with zero attached hydrogens (tertiary/aromatic N) is 1. The zero-order chi connectivity index (χ0) is 12.4. The van der Waals surface area contributed by atoms with Crippen LogP contribution in [-0.4, -0.2) is 21.0 Å². The van der Waals surface area contributed by atoms with Gasteiger partial charge in [-0.15, -0.1) is 0 Å². The van der Waals surface area contributed by atoms with Gasteiger partial charge in [-0.25, -0.2) is 4.98 Å². The van der Waals surface area contributed by atoms with Crippen LogP contribution in [0.5, 0.6) is 0 Å². The summed E-state index contributed by atoms with van der Waals surface area (Å²) in [5.74, 6) is -0.405. The van der Waals surface area contributed by atoms with E-state index in [0.29, 0.717) is 5.82 Å². The van der Waals surface area contributed by atoms with Crippen LogP contribution >= 0.6 is 0 Å². The first-order valence-electron chi connectivity index (χ1n) is 5.39. The Bertz CT molecular complexity index is 538. The molecule has 0 bridgehead atoms. The number of nitrogens with one attached hydrogen (secondary N) is 1. The van der Waals surface area contributed by atoms with E-state index in [2.05, 4.69) is 16.0 Å². The molecule has 1 heterocycles. The third-order valence-corrected chi connectivity index (χ3v) is 2.48. The lowest BCUT2D eigenvalue weighted by Crippen LogP contribution is -2.01. The van der Waals surface area contributed by atoms with Crippen LogP contribution in [0.3, 0.4) is 0 Å². The molecule has 0 fully saturated rings. The maximum atomic E-state index is 10.6. The first kappa shape index (κ1) is 11.4. The Morgan fingerprint density at radius 2 is 1.94 bits per heavy atom. The zero-order valence-electron chi connectivity index (χ0n) is 9.82. The van der Waals surface area contributed by atoms with Crippen molar-refractivity contribution in [3.63, 3.8) is 0 Å². The van der Waals surface area contributed by atoms with Crippen LogP contribution in [0.1, 0.15) is 17.0 Å². The molecule has 0 aliphatic heterocycles. The lowest BCUT2D eigenvalue weighted by molar-refractivity contribution is -0.136. The lowest BCUT2D eigenvalue weighted by Gasteiger charge is -2.02. The molecule has 0 spiro atoms. The van der Waals surface area contributed by atoms with E-state index >= 15 is 0 Å². The number of imidazole rings is 1. The highest BCUT2D eigenvalue weighted by molar-refractivity contribution is 5.69. The summed E-state index contributed by atoms with van der Waals surface area (Å²) >= 11 is 0. The van der Waals surface area contributed by atoms with E-state index in [1.807, 2.05) is 26.0 Å². The van der Waals surface area contributed by atoms with Gasteiger partial charge in [-0.1, -0.05) is 17.2 Å². The van der Waals surface area contributed by atoms with Gasteiger partial charge in [-0.2, -0.15) is 0 Å². The smallest absolute Gasteiger partial charge is 0.311 e. The van der Waals surface area contributed by atoms with Crippen molar-refractivity contribution in [3.8, 4) is 11.3 Å². The van der Waals surface area contributed by atoms with E-state index in [9.17, 15) is 4.79 Å². The Morgan fingerprint density at radius 3 is 2.53 bits per heavy atom. The number of benzene rings is 1. The second-order valence-corrected chi connectivity index (χ2v) is 4.19. The van der Waals surface area contributed by atoms with Crippen molar-refractivity contribution in [1.82, 2.24) is 9.97 Å². The molecule has 1 aromatic carbocycles. The number of carboxylic acid groups (broad SMARTS) is 1. The largest absolute Gasteiger partial charge is 0.481 e. The molecule has 4 nitrogen and oxygen atoms in total. The molecule has 0 aliphatic rings. The molecule has 2 N–H and O–H groups in total. The van der Waals surface area contributed by atoms with Crippen LogP contribution in [0.25, 0.3) is 11.3 Å². The van der Waals surface area contributed by atoms with Gasteiger partial charge in [0.05, 0.1) is 11.9 Å². The third kappa shape index (κ3) is 2.72. The number of aromatic nitrogens is 2. The lowest BCUT2D eigenvalue weighted by atomic mass is 10.1. The van der Waals surface area contributed by atoms with E-state index in [1.165, 1.54) is 11.1 Å². The first-order chi connectivity index (χ1) is 8.04. The number of carboxylic acids is 1. The minimum absolute atomic E-state index is 0.0786. The molecular weight excluding hydrogens is 216 g/mol. The number of aromatic amines is 1. The summed E-state index contributed by atoms with van der Waals surface area (Å²) in [4.78, 5) is 17.6. The number of rotatable bonds is 3. The monoisotopic (exact) mass is 230 g/mol. The fourth-order valence-corrected chi connectivity index (χ4v) is 1.87. The topological polar surface area (TPSA) is 66.0 Å². The Balaban J connectivity index is 2.33. The van der Waals surface area contributed by atoms with Gasteiger partial charge < -0.3 is 10.1 Å². The molecule has 17 heavy (non-hydrogen) atoms. The molecule has 0 atom stereocenters. The van der Waals surface area contributed by atoms with Crippen molar-refractivity contribution in [1.29, 1.82) is 0 Å². The highest BCUT2D eigenvalue weighted by Crippen LogP contribution is 2.20. The summed E-state index contributed by atoms with van der Waals surface area (Å²) in [5.41, 5.74) is 4.24. The van der Waals surface area contributed by atoms with Crippen molar-refractivity contribution in [3.05, 3.63) is 41.3 Å². The van der Waals surface area contributed by atoms with Crippen molar-refractivity contribution in [2.45, 2.75) is 20.3 Å². The van der Waals surface area contributed by atoms with E-state index in [4.69, 9.17) is 5.11 Å². The average Bonchev–Trinajstić information content (AvgIpc) is 2.63. The molecule has 4 heteroatoms. The van der Waals surface area contributed by atoms with Crippen LogP contribution in [0.15, 0.2) is 24.4 Å². The summed E-state index contributed by atoms with van der Waals surface area (Å²) in [5, 5.41) is 8.67. The number of carbonyl (C=O) groups is 1. The Hall–Kier alpha value is -2.10. The van der Waals surface area contributed by atoms with Crippen molar-refractivity contribution in [2.75, 3.05) is 0 Å². The van der Waals surface area contributed by atoms with Gasteiger partial charge in [0.1, 0.15) is 12.2 Å². The van der Waals surface area contributed by atoms with Gasteiger partial charge in [-0.3, -0.25) is 4.79 Å². The van der Waals surface area contributed by atoms with E-state index in [0.717, 1.165) is 11.3 Å². The van der Waals surface area contributed by atoms with Crippen molar-refractivity contribution < 1.29 is 9.90 Å². The average molecular weight is 230 g/mol. The molecule has 0 unspecified atom stereocenters. The molecule has 0 aliphatic carbocycles. The molecule has 2 aromatic rings. The van der Waals surface area contributed by atoms with E-state index in [1.54, 1.807) is 6.20 Å². The zero-order valence-corrected chi connectivity index (χ0v) is 9.82. The van der Waals surface area contributed by atoms with Crippen molar-refractivity contribution in [2.24, 2.45) is 0 Å². The summed E-state index contributed by atoms with van der Waals surface area (Å²) < 4.78 is 0. The van der Waals surface area contributed by atoms with Gasteiger partial charge in [0, 0.05) is 5.56 Å². The summed E-state index contributed by atoms with van der Waals surface area (Å²) in [7, 11) is 0. The molecule has 0 radical (unpaired) electrons. The molecule has 0 saturated heterocycles. The standard InChI is InChI=1S/C13H14N2O2/c1-8-3-9(2)5-10(4-8)11-7-14-12(15-11)6-13(16)17/h3-5,7H,6H2,1-2H3,(H,14,15)(H,16,17). The van der Waals surface area contributed by atoms with Crippen LogP contribution < -0.4 is 0 Å². The summed E-state index contributed by atoms with van der Waals surface area (Å²) in [6, 6.07) is 6.19. The predicted octanol–water partition coefficient (Wildman–Crippen LogP) is 2.32. The minimum atomic E-state index is -0.883. The number of aliphatic carboxylic acids is 1. The maximum absolute atomic E-state index is 10.6. The van der Waals surface area contributed by atoms with E-state index in [-0.39, 0.29) is 6.42 Å². The number of hydrogen-bond donors (Lipinski definition) is 2. The van der Waals surface area contributed by atoms with Crippen molar-refractivity contribution >= 4 is 5.97 Å². The molecule has 0 amide bonds. The predicted molar refractivity (Wildman–Crippen MR) is 64.8 cm³/mol. The fraction of sp³-hybridized carbons (Fsp3) is 0.231. The maximum Gasteiger partial charge on any atom is 0.311 e. The summed E-state index contributed by atoms with van der Waals surface area (Å²) in [6.45, 7) is 4.07. The van der Waals surface area contributed by atoms with Crippen LogP contribution in [-0.2, 0) is 11.2 Å². The quantitative estimate of drug-likeness (QED) is 0.850. The first-order valence-corrected chi connectivity index (χ1v) is 5.39. The Labute approximate surface area is 99.3 Å². The van der Waals surface area contributed by atoms with E-state index < -0.39 is 5.97 Å². The second kappa shape index (κ2) is 4.41. The highest BCUT2D eigenvalue weighted by atomic mass is 16.4. The SMILES string of the molecule is Cc1cc(C)cc(-c2cnc(CC(=O)O)[nH]2)c1. The molecule has 88 valence electrons. The fourth-order valence-electron chi connectivity index (χ4n) is 1.87. The molecular formula is C13H14N2O2. The van der Waals surface area contributed by atoms with Crippen LogP contribution in [0, 0.1) is 13.8 Å². The molecule has 2 rings (SSSR count). The Kier molecular flexibility index (Phi) is 2.95. The van der Waals surface area contributed by atoms with Gasteiger partial charge in [0.2, 0.25) is 0 Å². The van der Waals surface area contributed by atoms with Gasteiger partial charge in [0.15, 0.2) is 0 Å². The number of H-pyrrole nitrogens is 1. The van der Waals surface area contributed by atoms with Gasteiger partial charge >= 0.3 is 5.97 Å². The minimum Gasteiger partial charge on any atom is -0.481 e. The second-order valence-electron chi connectivity index (χ2n) is 4.19. The Morgan fingerprint density at radius 1 is 1.29 bits per heavy atom. The van der Waals surface area contributed by atoms with Crippen LogP contribution in [0.2, 0.25) is 0 Å². The summed E-state index contributed by atoms with van der Waals surface area (Å²) in [6.07, 6.45) is 1.59.